The van der Waals surface area contributed by atoms with Crippen LogP contribution in [0.5, 0.6) is 0 Å². The van der Waals surface area contributed by atoms with Crippen molar-refractivity contribution in [1.82, 2.24) is 10.6 Å². The number of benzene rings is 6. The predicted molar refractivity (Wildman–Crippen MR) is 422 cm³/mol. The normalized spacial score (nSPS) is 26.5. The molecule has 2 unspecified atom stereocenters. The number of nitrogens with one attached hydrogen (secondary N) is 4. The zero-order valence-corrected chi connectivity index (χ0v) is 76.6. The summed E-state index contributed by atoms with van der Waals surface area (Å²) >= 11 is 0. The zero-order valence-electron chi connectivity index (χ0n) is 67.1. The van der Waals surface area contributed by atoms with E-state index in [-0.39, 0.29) is 161 Å². The molecule has 0 radical (unpaired) electrons. The van der Waals surface area contributed by atoms with E-state index >= 15 is 0 Å². The summed E-state index contributed by atoms with van der Waals surface area (Å²) in [6.45, 7) is 7.50. The first-order valence-corrected chi connectivity index (χ1v) is 43.3. The van der Waals surface area contributed by atoms with Crippen LogP contribution in [0.15, 0.2) is 155 Å². The average Bonchev–Trinajstić information content (AvgIpc) is 1.59. The quantitative estimate of drug-likeness (QED) is 0.0166. The number of carbonyl (C=O) groups is 2. The van der Waals surface area contributed by atoms with Gasteiger partial charge in [0.25, 0.3) is 0 Å². The second-order valence-corrected chi connectivity index (χ2v) is 35.1. The molecule has 0 aliphatic carbocycles. The number of aliphatic hydroxyl groups is 6. The van der Waals surface area contributed by atoms with Crippen molar-refractivity contribution >= 4 is 75.3 Å². The molecule has 32 nitrogen and oxygen atoms in total. The number of rotatable bonds is 28. The zero-order chi connectivity index (χ0) is 83.0. The molecular weight excluding hydrogens is 1640 g/mol. The molecule has 0 bridgehead atoms. The number of urea groups is 2. The Labute approximate surface area is 765 Å². The number of aliphatic hydroxyl groups excluding tert-OH is 6. The molecular formula is C78H108K2N6O26S4. The first-order chi connectivity index (χ1) is 53.4. The summed E-state index contributed by atoms with van der Waals surface area (Å²) in [5.41, 5.74) is 3.52. The van der Waals surface area contributed by atoms with Crippen LogP contribution < -0.4 is 139 Å². The smallest absolute Gasteiger partial charge is 0.855 e. The van der Waals surface area contributed by atoms with Gasteiger partial charge in [0.1, 0.15) is 48.8 Å². The van der Waals surface area contributed by atoms with Gasteiger partial charge >= 0.3 is 125 Å². The summed E-state index contributed by atoms with van der Waals surface area (Å²) in [4.78, 5) is 30.9. The van der Waals surface area contributed by atoms with Crippen LogP contribution in [0, 0.1) is 10.8 Å². The minimum absolute atomic E-state index is 0. The van der Waals surface area contributed by atoms with Gasteiger partial charge in [-0.15, -0.1) is 6.61 Å². The van der Waals surface area contributed by atoms with Gasteiger partial charge in [0.15, 0.2) is 32.1 Å². The van der Waals surface area contributed by atoms with Gasteiger partial charge in [-0.25, -0.2) is 39.0 Å². The molecule has 0 aromatic heterocycles. The molecule has 4 aliphatic heterocycles. The van der Waals surface area contributed by atoms with Crippen LogP contribution in [0.25, 0.3) is 0 Å². The summed E-state index contributed by atoms with van der Waals surface area (Å²) < 4.78 is 153. The molecule has 632 valence electrons. The maximum absolute atomic E-state index is 14.0. The number of unbranched alkanes of at least 4 members (excludes halogenated alkanes) is 2. The van der Waals surface area contributed by atoms with E-state index < -0.39 is 162 Å². The Hall–Kier alpha value is -4.11. The van der Waals surface area contributed by atoms with Crippen LogP contribution in [0.3, 0.4) is 0 Å². The van der Waals surface area contributed by atoms with E-state index in [1.807, 2.05) is 65.7 Å². The van der Waals surface area contributed by atoms with Crippen molar-refractivity contribution in [3.63, 3.8) is 0 Å². The van der Waals surface area contributed by atoms with E-state index in [2.05, 4.69) is 29.6 Å². The fraction of sp³-hybridized carbons (Fsp3) is 0.513. The molecule has 16 atom stereocenters. The summed E-state index contributed by atoms with van der Waals surface area (Å²) in [7, 11) is -10.4. The third kappa shape index (κ3) is 26.9. The second-order valence-electron chi connectivity index (χ2n) is 29.1. The van der Waals surface area contributed by atoms with Crippen molar-refractivity contribution in [1.29, 1.82) is 0 Å². The van der Waals surface area contributed by atoms with Gasteiger partial charge in [-0.05, 0) is 120 Å². The van der Waals surface area contributed by atoms with Crippen molar-refractivity contribution in [3.8, 4) is 0 Å². The van der Waals surface area contributed by atoms with Gasteiger partial charge < -0.3 is 95.8 Å². The Morgan fingerprint density at radius 3 is 1.22 bits per heavy atom. The number of hydrogen-bond acceptors (Lipinski definition) is 26. The van der Waals surface area contributed by atoms with Gasteiger partial charge in [0.05, 0.1) is 59.9 Å². The van der Waals surface area contributed by atoms with Crippen LogP contribution >= 0.6 is 0 Å². The van der Waals surface area contributed by atoms with Gasteiger partial charge in [0.2, 0.25) is 10.4 Å². The Bertz CT molecular complexity index is 4330. The van der Waals surface area contributed by atoms with Gasteiger partial charge in [-0.2, -0.15) is 8.42 Å². The van der Waals surface area contributed by atoms with Crippen molar-refractivity contribution in [3.05, 3.63) is 179 Å². The molecule has 4 amide bonds. The Morgan fingerprint density at radius 2 is 0.897 bits per heavy atom. The monoisotopic (exact) mass is 1750 g/mol. The Balaban J connectivity index is 0.000000390. The number of amides is 4. The minimum atomic E-state index is -5.18. The van der Waals surface area contributed by atoms with Crippen LogP contribution in [0.4, 0.5) is 32.3 Å². The summed E-state index contributed by atoms with van der Waals surface area (Å²) in [5.74, 6) is -2.01. The van der Waals surface area contributed by atoms with Crippen LogP contribution in [0.1, 0.15) is 131 Å². The van der Waals surface area contributed by atoms with E-state index in [9.17, 15) is 78.5 Å². The third-order valence-electron chi connectivity index (χ3n) is 20.9. The van der Waals surface area contributed by atoms with E-state index in [1.54, 1.807) is 153 Å². The molecule has 10 rings (SSSR count). The average molecular weight is 1750 g/mol. The number of sulfone groups is 2. The molecule has 0 saturated carbocycles. The molecule has 13 N–H and O–H groups in total. The van der Waals surface area contributed by atoms with Gasteiger partial charge in [0, 0.05) is 73.6 Å². The predicted octanol–water partition coefficient (Wildman–Crippen LogP) is -0.608. The van der Waals surface area contributed by atoms with E-state index in [1.165, 1.54) is 0 Å². The van der Waals surface area contributed by atoms with Crippen molar-refractivity contribution < 1.29 is 224 Å². The van der Waals surface area contributed by atoms with E-state index in [0.717, 1.165) is 37.1 Å². The van der Waals surface area contributed by atoms with Gasteiger partial charge in [-0.1, -0.05) is 145 Å². The second kappa shape index (κ2) is 45.9. The molecule has 2 fully saturated rings. The number of nitrogens with zero attached hydrogens (tertiary/aromatic N) is 2. The number of fused-ring (bicyclic) bond motifs is 2. The molecule has 6 aromatic carbocycles. The van der Waals surface area contributed by atoms with Crippen LogP contribution in [0.2, 0.25) is 0 Å². The number of carbonyl (C=O) groups excluding carboxylic acids is 2. The Morgan fingerprint density at radius 1 is 0.534 bits per heavy atom. The minimum Gasteiger partial charge on any atom is -0.855 e. The third-order valence-corrected chi connectivity index (χ3v) is 25.8. The van der Waals surface area contributed by atoms with E-state index in [4.69, 9.17) is 28.6 Å². The molecule has 116 heavy (non-hydrogen) atoms. The maximum Gasteiger partial charge on any atom is 1.00 e. The maximum atomic E-state index is 14.0. The fourth-order valence-electron chi connectivity index (χ4n) is 14.8. The van der Waals surface area contributed by atoms with Crippen LogP contribution in [-0.2, 0) is 81.0 Å². The summed E-state index contributed by atoms with van der Waals surface area (Å²) in [5, 5.41) is 88.2. The topological polar surface area (TPSA) is 500 Å². The number of ether oxygens (including phenoxy) is 4. The first-order valence-electron chi connectivity index (χ1n) is 37.3. The molecule has 2 saturated heterocycles. The number of anilines is 4. The number of hydrogen-bond donors (Lipinski definition) is 11. The van der Waals surface area contributed by atoms with E-state index in [0.29, 0.717) is 59.1 Å². The van der Waals surface area contributed by atoms with Crippen molar-refractivity contribution in [2.24, 2.45) is 10.8 Å². The largest absolute Gasteiger partial charge is 1.00 e. The molecule has 0 spiro atoms. The van der Waals surface area contributed by atoms with Gasteiger partial charge in [-0.3, -0.25) is 8.74 Å². The first kappa shape index (κ1) is 102. The van der Waals surface area contributed by atoms with Crippen molar-refractivity contribution in [2.75, 3.05) is 80.0 Å². The summed E-state index contributed by atoms with van der Waals surface area (Å²) in [6, 6.07) is 39.5. The molecule has 38 heteroatoms. The van der Waals surface area contributed by atoms with Crippen LogP contribution in [-0.4, -0.2) is 224 Å². The fourth-order valence-corrected chi connectivity index (χ4v) is 19.9. The molecule has 4 aliphatic rings. The standard InChI is InChI=1S/2C38H51N3O12S2.C2H5O.2K.H2O/c2*1-5-7-18-38(6-2)23-54(46,47)30-17-16-27(41(3)4)20-28(30)31(35(38)44)25-14-11-15-26(19-25)39-37(45)40-36-33(43)34(51-21-24-12-9-8-10-13-24)32(42)29(53-36)22-52-55(48,49)50;1-2-3;;;/h2*8-17,19-20,29,31-36,42-44H,5-7,18,21-23H2,1-4H3,(H2,39,40,45)(H,48,49,50);2H2,1H3;;;1H2/q;;-1;2*+1;/p-1/t29-,31-,32?,33?,34+,35-,36-,38-;29-,31-,32-,33-,34+,35-,36-,38-;;;;/m11..../s1. The molecule has 4 heterocycles. The summed E-state index contributed by atoms with van der Waals surface area (Å²) in [6.07, 6.45) is -12.8. The Kier molecular flexibility index (Phi) is 40.5. The van der Waals surface area contributed by atoms with Crippen molar-refractivity contribution in [2.45, 2.75) is 194 Å². The molecule has 6 aromatic rings. The SMILES string of the molecule is CCCC[C@]1(CC)CS(=O)(=O)c2ccc(N(C)C)cc2[C@@H](c2cccc(NC(=O)N[C@@H]3O[C@H](COS(=O)(=O)O)[C@@H](O)[C@H](OCc4ccccc4)[C@H]3O)c2)[C@H]1O.CCCC[C@]1(CC)CS(=O)(=O)c2ccc(N(C)C)cc2[C@@H](c2cccc(NC(=O)N[C@@H]3O[C@H](COS(=O)(=O)[O-])C(O)[C@H](OCc4ccccc4)C3O)c2)[C@H]1O.CC[O-].O.[K+].[K+].